The molecule has 5 heteroatoms. The number of hydrogen-bond donors (Lipinski definition) is 1. The third kappa shape index (κ3) is 2.61. The molecule has 1 aromatic heterocycles. The van der Waals surface area contributed by atoms with Crippen molar-refractivity contribution in [1.82, 2.24) is 19.7 Å². The van der Waals surface area contributed by atoms with Gasteiger partial charge in [0.2, 0.25) is 0 Å². The Kier molecular flexibility index (Phi) is 3.21. The van der Waals surface area contributed by atoms with Gasteiger partial charge in [-0.15, -0.1) is 10.2 Å². The van der Waals surface area contributed by atoms with E-state index < -0.39 is 0 Å². The molecule has 3 rings (SSSR count). The van der Waals surface area contributed by atoms with Crippen LogP contribution < -0.4 is 5.32 Å². The summed E-state index contributed by atoms with van der Waals surface area (Å²) in [5.41, 5.74) is 2.23. The van der Waals surface area contributed by atoms with Crippen LogP contribution >= 0.6 is 0 Å². The van der Waals surface area contributed by atoms with Crippen molar-refractivity contribution in [3.8, 4) is 5.69 Å². The third-order valence-electron chi connectivity index (χ3n) is 3.82. The van der Waals surface area contributed by atoms with E-state index in [1.54, 1.807) is 12.7 Å². The normalized spacial score (nSPS) is 23.7. The largest absolute Gasteiger partial charge is 0.381 e. The van der Waals surface area contributed by atoms with Crippen LogP contribution in [0.5, 0.6) is 0 Å². The molecule has 1 N–H and O–H groups in total. The second-order valence-electron chi connectivity index (χ2n) is 5.29. The van der Waals surface area contributed by atoms with E-state index in [2.05, 4.69) is 58.7 Å². The lowest BCUT2D eigenvalue weighted by Gasteiger charge is -2.15. The zero-order valence-electron chi connectivity index (χ0n) is 11.3. The van der Waals surface area contributed by atoms with Gasteiger partial charge in [-0.3, -0.25) is 4.57 Å². The number of aromatic nitrogens is 3. The zero-order chi connectivity index (χ0) is 13.2. The first-order chi connectivity index (χ1) is 9.22. The van der Waals surface area contributed by atoms with Crippen LogP contribution in [0.1, 0.15) is 13.3 Å². The van der Waals surface area contributed by atoms with Crippen LogP contribution in [0.2, 0.25) is 0 Å². The molecule has 1 fully saturated rings. The van der Waals surface area contributed by atoms with Gasteiger partial charge in [-0.25, -0.2) is 0 Å². The van der Waals surface area contributed by atoms with Crippen molar-refractivity contribution < 1.29 is 0 Å². The Morgan fingerprint density at radius 2 is 2.05 bits per heavy atom. The van der Waals surface area contributed by atoms with Crippen molar-refractivity contribution in [2.75, 3.05) is 18.9 Å². The first kappa shape index (κ1) is 12.2. The van der Waals surface area contributed by atoms with Crippen molar-refractivity contribution in [1.29, 1.82) is 0 Å². The Hall–Kier alpha value is -1.88. The second-order valence-corrected chi connectivity index (χ2v) is 5.29. The molecule has 19 heavy (non-hydrogen) atoms. The van der Waals surface area contributed by atoms with E-state index >= 15 is 0 Å². The summed E-state index contributed by atoms with van der Waals surface area (Å²) in [6.07, 6.45) is 4.61. The topological polar surface area (TPSA) is 46.0 Å². The Labute approximate surface area is 113 Å². The number of nitrogens with zero attached hydrogens (tertiary/aromatic N) is 4. The van der Waals surface area contributed by atoms with Crippen LogP contribution in [-0.4, -0.2) is 45.3 Å². The molecule has 2 aromatic rings. The quantitative estimate of drug-likeness (QED) is 0.910. The molecule has 1 aliphatic rings. The van der Waals surface area contributed by atoms with E-state index in [4.69, 9.17) is 0 Å². The van der Waals surface area contributed by atoms with Crippen LogP contribution in [0.3, 0.4) is 0 Å². The average molecular weight is 257 g/mol. The highest BCUT2D eigenvalue weighted by Crippen LogP contribution is 2.21. The fraction of sp³-hybridized carbons (Fsp3) is 0.429. The number of hydrogen-bond acceptors (Lipinski definition) is 4. The maximum atomic E-state index is 3.84. The van der Waals surface area contributed by atoms with Crippen molar-refractivity contribution in [2.24, 2.45) is 0 Å². The second kappa shape index (κ2) is 5.01. The predicted molar refractivity (Wildman–Crippen MR) is 75.5 cm³/mol. The Bertz CT molecular complexity index is 527. The van der Waals surface area contributed by atoms with Gasteiger partial charge in [-0.2, -0.15) is 0 Å². The van der Waals surface area contributed by atoms with E-state index in [9.17, 15) is 0 Å². The molecule has 2 heterocycles. The maximum Gasteiger partial charge on any atom is 0.123 e. The highest BCUT2D eigenvalue weighted by molar-refractivity contribution is 5.51. The van der Waals surface area contributed by atoms with E-state index in [-0.39, 0.29) is 0 Å². The van der Waals surface area contributed by atoms with Gasteiger partial charge < -0.3 is 10.2 Å². The fourth-order valence-electron chi connectivity index (χ4n) is 2.62. The van der Waals surface area contributed by atoms with Gasteiger partial charge >= 0.3 is 0 Å². The molecule has 0 radical (unpaired) electrons. The van der Waals surface area contributed by atoms with Crippen molar-refractivity contribution in [3.63, 3.8) is 0 Å². The molecular weight excluding hydrogens is 238 g/mol. The minimum Gasteiger partial charge on any atom is -0.381 e. The summed E-state index contributed by atoms with van der Waals surface area (Å²) in [6, 6.07) is 9.52. The number of likely N-dealkylation sites (tertiary alicyclic amines) is 1. The lowest BCUT2D eigenvalue weighted by Crippen LogP contribution is -2.24. The Morgan fingerprint density at radius 1 is 1.26 bits per heavy atom. The lowest BCUT2D eigenvalue weighted by molar-refractivity contribution is 0.330. The monoisotopic (exact) mass is 257 g/mol. The minimum absolute atomic E-state index is 0.524. The number of likely N-dealkylation sites (N-methyl/N-ethyl adjacent to an activating group) is 1. The molecule has 1 aromatic carbocycles. The predicted octanol–water partition coefficient (Wildman–Crippen LogP) is 1.77. The average Bonchev–Trinajstić information content (AvgIpc) is 3.01. The van der Waals surface area contributed by atoms with Gasteiger partial charge in [0.25, 0.3) is 0 Å². The van der Waals surface area contributed by atoms with Crippen molar-refractivity contribution in [2.45, 2.75) is 25.4 Å². The van der Waals surface area contributed by atoms with Gasteiger partial charge in [-0.05, 0) is 38.6 Å². The summed E-state index contributed by atoms with van der Waals surface area (Å²) >= 11 is 0. The number of rotatable bonds is 3. The highest BCUT2D eigenvalue weighted by Gasteiger charge is 2.25. The molecule has 0 saturated carbocycles. The third-order valence-corrected chi connectivity index (χ3v) is 3.82. The van der Waals surface area contributed by atoms with Gasteiger partial charge in [0, 0.05) is 24.3 Å². The summed E-state index contributed by atoms with van der Waals surface area (Å²) in [6.45, 7) is 3.37. The highest BCUT2D eigenvalue weighted by atomic mass is 15.2. The van der Waals surface area contributed by atoms with Gasteiger partial charge in [0.1, 0.15) is 12.7 Å². The van der Waals surface area contributed by atoms with E-state index in [1.165, 1.54) is 6.42 Å². The van der Waals surface area contributed by atoms with E-state index in [0.717, 1.165) is 17.9 Å². The molecule has 1 aliphatic heterocycles. The SMILES string of the molecule is CC1CC(Nc2cccc(-n3cnnc3)c2)CN1C. The number of anilines is 1. The molecule has 2 unspecified atom stereocenters. The molecule has 100 valence electrons. The first-order valence-corrected chi connectivity index (χ1v) is 6.64. The molecule has 2 atom stereocenters. The van der Waals surface area contributed by atoms with Crippen LogP contribution in [0.15, 0.2) is 36.9 Å². The molecule has 0 bridgehead atoms. The summed E-state index contributed by atoms with van der Waals surface area (Å²) in [4.78, 5) is 2.39. The van der Waals surface area contributed by atoms with Crippen LogP contribution in [-0.2, 0) is 0 Å². The molecule has 1 saturated heterocycles. The summed E-state index contributed by atoms with van der Waals surface area (Å²) < 4.78 is 1.91. The molecular formula is C14H19N5. The summed E-state index contributed by atoms with van der Waals surface area (Å²) in [5, 5.41) is 11.3. The molecule has 5 nitrogen and oxygen atoms in total. The number of nitrogens with one attached hydrogen (secondary N) is 1. The fourth-order valence-corrected chi connectivity index (χ4v) is 2.62. The minimum atomic E-state index is 0.524. The molecule has 0 amide bonds. The van der Waals surface area contributed by atoms with Gasteiger partial charge in [-0.1, -0.05) is 6.07 Å². The Morgan fingerprint density at radius 3 is 2.74 bits per heavy atom. The number of benzene rings is 1. The van der Waals surface area contributed by atoms with Crippen LogP contribution in [0.25, 0.3) is 5.69 Å². The lowest BCUT2D eigenvalue weighted by atomic mass is 10.2. The van der Waals surface area contributed by atoms with Gasteiger partial charge in [0.05, 0.1) is 5.69 Å². The maximum absolute atomic E-state index is 3.84. The molecule has 0 spiro atoms. The summed E-state index contributed by atoms with van der Waals surface area (Å²) in [7, 11) is 2.18. The van der Waals surface area contributed by atoms with E-state index in [0.29, 0.717) is 12.1 Å². The Balaban J connectivity index is 1.74. The smallest absolute Gasteiger partial charge is 0.123 e. The first-order valence-electron chi connectivity index (χ1n) is 6.64. The van der Waals surface area contributed by atoms with Crippen molar-refractivity contribution in [3.05, 3.63) is 36.9 Å². The van der Waals surface area contributed by atoms with Gasteiger partial charge in [0.15, 0.2) is 0 Å². The standard InChI is InChI=1S/C14H19N5/c1-11-6-13(8-18(11)2)17-12-4-3-5-14(7-12)19-9-15-16-10-19/h3-5,7,9-11,13,17H,6,8H2,1-2H3. The zero-order valence-corrected chi connectivity index (χ0v) is 11.3. The van der Waals surface area contributed by atoms with Crippen LogP contribution in [0.4, 0.5) is 5.69 Å². The van der Waals surface area contributed by atoms with Crippen LogP contribution in [0, 0.1) is 0 Å². The summed E-state index contributed by atoms with van der Waals surface area (Å²) in [5.74, 6) is 0. The molecule has 0 aliphatic carbocycles. The van der Waals surface area contributed by atoms with E-state index in [1.807, 2.05) is 4.57 Å². The van der Waals surface area contributed by atoms with Crippen molar-refractivity contribution >= 4 is 5.69 Å².